The summed E-state index contributed by atoms with van der Waals surface area (Å²) in [4.78, 5) is 3.99. The molecule has 2 nitrogen and oxygen atoms in total. The molecule has 0 heterocycles. The van der Waals surface area contributed by atoms with Gasteiger partial charge in [0.1, 0.15) is 0 Å². The number of nitrogens with zero attached hydrogens (tertiary/aromatic N) is 1. The Morgan fingerprint density at radius 3 is 2.25 bits per heavy atom. The van der Waals surface area contributed by atoms with Gasteiger partial charge in [0.05, 0.1) is 11.4 Å². The lowest BCUT2D eigenvalue weighted by Crippen LogP contribution is -1.93. The van der Waals surface area contributed by atoms with E-state index in [1.54, 1.807) is 0 Å². The van der Waals surface area contributed by atoms with Gasteiger partial charge in [-0.25, -0.2) is 0 Å². The van der Waals surface area contributed by atoms with E-state index >= 15 is 0 Å². The number of rotatable bonds is 2. The van der Waals surface area contributed by atoms with Crippen molar-refractivity contribution in [3.05, 3.63) is 23.3 Å². The molecular formula is C10H14N2. The standard InChI is InChI=1S/C10H14N2/c1-7-5-6-8(2)10(12-4)9(7)11-3/h5-6,12H,3H2,1-2,4H3. The molecule has 0 spiro atoms. The molecule has 64 valence electrons. The smallest absolute Gasteiger partial charge is 0.0885 e. The summed E-state index contributed by atoms with van der Waals surface area (Å²) in [5, 5.41) is 3.12. The minimum Gasteiger partial charge on any atom is -0.386 e. The van der Waals surface area contributed by atoms with Crippen molar-refractivity contribution < 1.29 is 0 Å². The van der Waals surface area contributed by atoms with Gasteiger partial charge in [0.25, 0.3) is 0 Å². The van der Waals surface area contributed by atoms with E-state index in [9.17, 15) is 0 Å². The molecular weight excluding hydrogens is 148 g/mol. The highest BCUT2D eigenvalue weighted by Gasteiger charge is 2.04. The van der Waals surface area contributed by atoms with Gasteiger partial charge in [0.15, 0.2) is 0 Å². The van der Waals surface area contributed by atoms with E-state index in [1.807, 2.05) is 14.0 Å². The van der Waals surface area contributed by atoms with E-state index in [0.29, 0.717) is 0 Å². The Kier molecular flexibility index (Phi) is 2.48. The summed E-state index contributed by atoms with van der Waals surface area (Å²) in [6, 6.07) is 4.13. The second kappa shape index (κ2) is 3.39. The Morgan fingerprint density at radius 2 is 1.83 bits per heavy atom. The number of benzene rings is 1. The van der Waals surface area contributed by atoms with E-state index < -0.39 is 0 Å². The van der Waals surface area contributed by atoms with Crippen molar-refractivity contribution in [2.75, 3.05) is 12.4 Å². The van der Waals surface area contributed by atoms with Crippen LogP contribution in [0, 0.1) is 13.8 Å². The van der Waals surface area contributed by atoms with Gasteiger partial charge >= 0.3 is 0 Å². The molecule has 0 saturated carbocycles. The fraction of sp³-hybridized carbons (Fsp3) is 0.300. The second-order valence-electron chi connectivity index (χ2n) is 2.83. The zero-order valence-corrected chi connectivity index (χ0v) is 7.81. The molecule has 0 amide bonds. The number of hydrogen-bond donors (Lipinski definition) is 1. The lowest BCUT2D eigenvalue weighted by molar-refractivity contribution is 1.33. The Bertz CT molecular complexity index is 303. The highest BCUT2D eigenvalue weighted by Crippen LogP contribution is 2.30. The lowest BCUT2D eigenvalue weighted by Gasteiger charge is -2.10. The first-order valence-electron chi connectivity index (χ1n) is 3.95. The monoisotopic (exact) mass is 162 g/mol. The maximum atomic E-state index is 3.99. The van der Waals surface area contributed by atoms with Gasteiger partial charge < -0.3 is 5.32 Å². The minimum absolute atomic E-state index is 0.956. The van der Waals surface area contributed by atoms with Crippen LogP contribution in [0.15, 0.2) is 17.1 Å². The molecule has 0 radical (unpaired) electrons. The van der Waals surface area contributed by atoms with Crippen molar-refractivity contribution in [1.82, 2.24) is 0 Å². The van der Waals surface area contributed by atoms with Crippen LogP contribution >= 0.6 is 0 Å². The van der Waals surface area contributed by atoms with Crippen molar-refractivity contribution in [3.63, 3.8) is 0 Å². The van der Waals surface area contributed by atoms with E-state index in [-0.39, 0.29) is 0 Å². The summed E-state index contributed by atoms with van der Waals surface area (Å²) >= 11 is 0. The Balaban J connectivity index is 3.38. The van der Waals surface area contributed by atoms with Gasteiger partial charge in [-0.1, -0.05) is 12.1 Å². The minimum atomic E-state index is 0.956. The Labute approximate surface area is 73.3 Å². The molecule has 0 atom stereocenters. The fourth-order valence-corrected chi connectivity index (χ4v) is 1.32. The topological polar surface area (TPSA) is 24.4 Å². The number of hydrogen-bond acceptors (Lipinski definition) is 2. The zero-order valence-electron chi connectivity index (χ0n) is 7.81. The van der Waals surface area contributed by atoms with E-state index in [2.05, 4.69) is 36.1 Å². The summed E-state index contributed by atoms with van der Waals surface area (Å²) in [6.07, 6.45) is 0. The number of nitrogens with one attached hydrogen (secondary N) is 1. The third-order valence-electron chi connectivity index (χ3n) is 2.00. The van der Waals surface area contributed by atoms with Crippen molar-refractivity contribution >= 4 is 18.1 Å². The maximum absolute atomic E-state index is 3.99. The SMILES string of the molecule is C=Nc1c(C)ccc(C)c1NC. The van der Waals surface area contributed by atoms with Crippen molar-refractivity contribution in [2.24, 2.45) is 4.99 Å². The van der Waals surface area contributed by atoms with Crippen LogP contribution in [0.2, 0.25) is 0 Å². The van der Waals surface area contributed by atoms with Crippen LogP contribution in [0.3, 0.4) is 0 Å². The first kappa shape index (κ1) is 8.78. The molecule has 0 aliphatic carbocycles. The predicted molar refractivity (Wildman–Crippen MR) is 54.7 cm³/mol. The summed E-state index contributed by atoms with van der Waals surface area (Å²) in [7, 11) is 1.90. The molecule has 0 fully saturated rings. The molecule has 0 saturated heterocycles. The van der Waals surface area contributed by atoms with Crippen LogP contribution in [0.25, 0.3) is 0 Å². The number of aryl methyl sites for hydroxylation is 2. The van der Waals surface area contributed by atoms with Crippen molar-refractivity contribution in [2.45, 2.75) is 13.8 Å². The number of aliphatic imine (C=N–C) groups is 1. The highest BCUT2D eigenvalue weighted by atomic mass is 14.9. The predicted octanol–water partition coefficient (Wildman–Crippen LogP) is 2.68. The van der Waals surface area contributed by atoms with Gasteiger partial charge in [0.2, 0.25) is 0 Å². The maximum Gasteiger partial charge on any atom is 0.0885 e. The summed E-state index contributed by atoms with van der Waals surface area (Å²) < 4.78 is 0. The first-order chi connectivity index (χ1) is 5.70. The van der Waals surface area contributed by atoms with Crippen LogP contribution in [0.4, 0.5) is 11.4 Å². The van der Waals surface area contributed by atoms with E-state index in [0.717, 1.165) is 16.9 Å². The molecule has 1 aromatic rings. The van der Waals surface area contributed by atoms with E-state index in [1.165, 1.54) is 5.56 Å². The van der Waals surface area contributed by atoms with E-state index in [4.69, 9.17) is 0 Å². The second-order valence-corrected chi connectivity index (χ2v) is 2.83. The summed E-state index contributed by atoms with van der Waals surface area (Å²) in [5.74, 6) is 0. The molecule has 12 heavy (non-hydrogen) atoms. The molecule has 2 heteroatoms. The Hall–Kier alpha value is -1.31. The molecule has 0 aliphatic heterocycles. The molecule has 1 rings (SSSR count). The third kappa shape index (κ3) is 1.33. The highest BCUT2D eigenvalue weighted by molar-refractivity contribution is 5.74. The van der Waals surface area contributed by atoms with Crippen LogP contribution in [-0.4, -0.2) is 13.8 Å². The van der Waals surface area contributed by atoms with Gasteiger partial charge in [0, 0.05) is 7.05 Å². The van der Waals surface area contributed by atoms with Gasteiger partial charge in [-0.3, -0.25) is 4.99 Å². The first-order valence-corrected chi connectivity index (χ1v) is 3.95. The van der Waals surface area contributed by atoms with Crippen LogP contribution in [0.5, 0.6) is 0 Å². The third-order valence-corrected chi connectivity index (χ3v) is 2.00. The van der Waals surface area contributed by atoms with Gasteiger partial charge in [-0.2, -0.15) is 0 Å². The molecule has 1 aromatic carbocycles. The summed E-state index contributed by atoms with van der Waals surface area (Å²) in [6.45, 7) is 7.64. The van der Waals surface area contributed by atoms with Crippen molar-refractivity contribution in [3.8, 4) is 0 Å². The van der Waals surface area contributed by atoms with Crippen molar-refractivity contribution in [1.29, 1.82) is 0 Å². The van der Waals surface area contributed by atoms with Crippen LogP contribution in [0.1, 0.15) is 11.1 Å². The fourth-order valence-electron chi connectivity index (χ4n) is 1.32. The van der Waals surface area contributed by atoms with Crippen LogP contribution in [-0.2, 0) is 0 Å². The average Bonchev–Trinajstić information content (AvgIpc) is 2.08. The molecule has 0 aliphatic rings. The molecule has 0 bridgehead atoms. The number of anilines is 1. The molecule has 0 unspecified atom stereocenters. The zero-order chi connectivity index (χ0) is 9.14. The quantitative estimate of drug-likeness (QED) is 0.664. The van der Waals surface area contributed by atoms with Gasteiger partial charge in [-0.15, -0.1) is 0 Å². The summed E-state index contributed by atoms with van der Waals surface area (Å²) in [5.41, 5.74) is 4.38. The molecule has 1 N–H and O–H groups in total. The normalized spacial score (nSPS) is 9.58. The average molecular weight is 162 g/mol. The van der Waals surface area contributed by atoms with Crippen LogP contribution < -0.4 is 5.32 Å². The largest absolute Gasteiger partial charge is 0.386 e. The molecule has 0 aromatic heterocycles. The lowest BCUT2D eigenvalue weighted by atomic mass is 10.1. The Morgan fingerprint density at radius 1 is 1.25 bits per heavy atom. The van der Waals surface area contributed by atoms with Gasteiger partial charge in [-0.05, 0) is 31.7 Å².